The van der Waals surface area contributed by atoms with Crippen LogP contribution in [0.25, 0.3) is 5.69 Å². The van der Waals surface area contributed by atoms with Crippen LogP contribution >= 0.6 is 0 Å². The number of para-hydroxylation sites is 1. The van der Waals surface area contributed by atoms with Gasteiger partial charge in [-0.3, -0.25) is 0 Å². The molecule has 1 heterocycles. The maximum atomic E-state index is 6.00. The number of nitrogens with two attached hydrogens (primary N) is 1. The molecule has 0 radical (unpaired) electrons. The number of rotatable bonds is 2. The Morgan fingerprint density at radius 1 is 1.43 bits per heavy atom. The van der Waals surface area contributed by atoms with Crippen LogP contribution < -0.4 is 5.73 Å². The smallest absolute Gasteiger partial charge is 0.0895 e. The third-order valence-electron chi connectivity index (χ3n) is 2.22. The molecule has 1 aromatic carbocycles. The van der Waals surface area contributed by atoms with Crippen molar-refractivity contribution in [3.63, 3.8) is 0 Å². The summed E-state index contributed by atoms with van der Waals surface area (Å²) in [7, 11) is 0. The fourth-order valence-electron chi connectivity index (χ4n) is 1.44. The molecule has 14 heavy (non-hydrogen) atoms. The Morgan fingerprint density at radius 2 is 2.29 bits per heavy atom. The molecule has 0 aliphatic heterocycles. The fraction of sp³-hybridized carbons (Fsp3) is 0.200. The zero-order chi connectivity index (χ0) is 9.97. The molecule has 2 N–H and O–H groups in total. The lowest BCUT2D eigenvalue weighted by Crippen LogP contribution is -2.03. The van der Waals surface area contributed by atoms with E-state index < -0.39 is 0 Å². The minimum absolute atomic E-state index is 0.778. The molecule has 0 saturated heterocycles. The molecule has 0 aliphatic carbocycles. The highest BCUT2D eigenvalue weighted by atomic mass is 15.4. The molecular formula is C10H12N4. The third kappa shape index (κ3) is 1.35. The van der Waals surface area contributed by atoms with Crippen molar-refractivity contribution in [2.45, 2.75) is 13.3 Å². The lowest BCUT2D eigenvalue weighted by Gasteiger charge is -2.08. The van der Waals surface area contributed by atoms with Gasteiger partial charge in [-0.1, -0.05) is 24.3 Å². The minimum Gasteiger partial charge on any atom is -0.397 e. The second-order valence-corrected chi connectivity index (χ2v) is 3.05. The van der Waals surface area contributed by atoms with Gasteiger partial charge in [0.25, 0.3) is 0 Å². The van der Waals surface area contributed by atoms with Crippen LogP contribution in [-0.2, 0) is 6.42 Å². The van der Waals surface area contributed by atoms with Crippen molar-refractivity contribution in [2.75, 3.05) is 5.73 Å². The van der Waals surface area contributed by atoms with Gasteiger partial charge in [0, 0.05) is 0 Å². The van der Waals surface area contributed by atoms with Gasteiger partial charge < -0.3 is 5.73 Å². The maximum absolute atomic E-state index is 6.00. The minimum atomic E-state index is 0.778. The van der Waals surface area contributed by atoms with Crippen LogP contribution in [-0.4, -0.2) is 15.0 Å². The first kappa shape index (κ1) is 8.74. The second kappa shape index (κ2) is 3.49. The van der Waals surface area contributed by atoms with Gasteiger partial charge in [0.2, 0.25) is 0 Å². The summed E-state index contributed by atoms with van der Waals surface area (Å²) in [6.45, 7) is 2.08. The van der Waals surface area contributed by atoms with Gasteiger partial charge in [-0.25, -0.2) is 4.68 Å². The van der Waals surface area contributed by atoms with E-state index in [0.29, 0.717) is 0 Å². The molecule has 0 bridgehead atoms. The Kier molecular flexibility index (Phi) is 2.18. The van der Waals surface area contributed by atoms with Gasteiger partial charge in [0.15, 0.2) is 0 Å². The van der Waals surface area contributed by atoms with E-state index in [1.165, 1.54) is 0 Å². The van der Waals surface area contributed by atoms with Gasteiger partial charge in [-0.05, 0) is 18.1 Å². The largest absolute Gasteiger partial charge is 0.397 e. The van der Waals surface area contributed by atoms with Gasteiger partial charge in [0.1, 0.15) is 0 Å². The topological polar surface area (TPSA) is 56.7 Å². The van der Waals surface area contributed by atoms with Crippen LogP contribution in [0.1, 0.15) is 12.5 Å². The summed E-state index contributed by atoms with van der Waals surface area (Å²) >= 11 is 0. The van der Waals surface area contributed by atoms with E-state index in [1.54, 1.807) is 17.1 Å². The average Bonchev–Trinajstić information content (AvgIpc) is 2.71. The molecule has 0 unspecified atom stereocenters. The highest BCUT2D eigenvalue weighted by Crippen LogP contribution is 2.20. The summed E-state index contributed by atoms with van der Waals surface area (Å²) in [5.74, 6) is 0. The van der Waals surface area contributed by atoms with Gasteiger partial charge in [-0.2, -0.15) is 0 Å². The Balaban J connectivity index is 2.54. The van der Waals surface area contributed by atoms with E-state index in [0.717, 1.165) is 23.4 Å². The van der Waals surface area contributed by atoms with Crippen molar-refractivity contribution < 1.29 is 0 Å². The van der Waals surface area contributed by atoms with Gasteiger partial charge in [0.05, 0.1) is 23.8 Å². The summed E-state index contributed by atoms with van der Waals surface area (Å²) in [6, 6.07) is 5.94. The first-order chi connectivity index (χ1) is 6.83. The molecular weight excluding hydrogens is 176 g/mol. The lowest BCUT2D eigenvalue weighted by molar-refractivity contribution is 0.803. The second-order valence-electron chi connectivity index (χ2n) is 3.05. The van der Waals surface area contributed by atoms with Crippen molar-refractivity contribution in [2.24, 2.45) is 0 Å². The van der Waals surface area contributed by atoms with Crippen LogP contribution in [0.3, 0.4) is 0 Å². The molecule has 0 saturated carbocycles. The number of nitrogen functional groups attached to an aromatic ring is 1. The monoisotopic (exact) mass is 188 g/mol. The van der Waals surface area contributed by atoms with Crippen LogP contribution in [0, 0.1) is 0 Å². The number of aromatic nitrogens is 3. The summed E-state index contributed by atoms with van der Waals surface area (Å²) < 4.78 is 1.68. The molecule has 4 heteroatoms. The Labute approximate surface area is 82.4 Å². The normalized spacial score (nSPS) is 10.4. The molecule has 0 amide bonds. The molecule has 2 rings (SSSR count). The van der Waals surface area contributed by atoms with Crippen LogP contribution in [0.2, 0.25) is 0 Å². The Bertz CT molecular complexity index is 420. The molecule has 4 nitrogen and oxygen atoms in total. The molecule has 0 fully saturated rings. The average molecular weight is 188 g/mol. The van der Waals surface area contributed by atoms with Crippen molar-refractivity contribution in [1.82, 2.24) is 15.0 Å². The molecule has 2 aromatic rings. The van der Waals surface area contributed by atoms with Gasteiger partial charge in [-0.15, -0.1) is 5.10 Å². The van der Waals surface area contributed by atoms with E-state index in [1.807, 2.05) is 18.2 Å². The van der Waals surface area contributed by atoms with E-state index in [-0.39, 0.29) is 0 Å². The number of anilines is 1. The SMILES string of the molecule is CCc1cccc(-n2ccnn2)c1N. The van der Waals surface area contributed by atoms with Crippen LogP contribution in [0.5, 0.6) is 0 Å². The van der Waals surface area contributed by atoms with E-state index >= 15 is 0 Å². The summed E-state index contributed by atoms with van der Waals surface area (Å²) in [4.78, 5) is 0. The summed E-state index contributed by atoms with van der Waals surface area (Å²) in [6.07, 6.45) is 4.34. The van der Waals surface area contributed by atoms with Crippen molar-refractivity contribution in [3.8, 4) is 5.69 Å². The fourth-order valence-corrected chi connectivity index (χ4v) is 1.44. The van der Waals surface area contributed by atoms with Gasteiger partial charge >= 0.3 is 0 Å². The molecule has 72 valence electrons. The molecule has 0 aliphatic rings. The highest BCUT2D eigenvalue weighted by Gasteiger charge is 2.05. The number of nitrogens with zero attached hydrogens (tertiary/aromatic N) is 3. The highest BCUT2D eigenvalue weighted by molar-refractivity contribution is 5.62. The summed E-state index contributed by atoms with van der Waals surface area (Å²) in [5.41, 5.74) is 8.80. The van der Waals surface area contributed by atoms with Crippen LogP contribution in [0.4, 0.5) is 5.69 Å². The predicted octanol–water partition coefficient (Wildman–Crippen LogP) is 1.41. The van der Waals surface area contributed by atoms with E-state index in [2.05, 4.69) is 17.2 Å². The number of hydrogen-bond acceptors (Lipinski definition) is 3. The number of hydrogen-bond donors (Lipinski definition) is 1. The first-order valence-corrected chi connectivity index (χ1v) is 4.57. The zero-order valence-electron chi connectivity index (χ0n) is 8.01. The van der Waals surface area contributed by atoms with Crippen molar-refractivity contribution >= 4 is 5.69 Å². The maximum Gasteiger partial charge on any atom is 0.0895 e. The third-order valence-corrected chi connectivity index (χ3v) is 2.22. The lowest BCUT2D eigenvalue weighted by atomic mass is 10.1. The number of aryl methyl sites for hydroxylation is 1. The number of benzene rings is 1. The predicted molar refractivity (Wildman–Crippen MR) is 55.1 cm³/mol. The van der Waals surface area contributed by atoms with Crippen molar-refractivity contribution in [3.05, 3.63) is 36.2 Å². The Hall–Kier alpha value is -1.84. The molecule has 1 aromatic heterocycles. The first-order valence-electron chi connectivity index (χ1n) is 4.57. The molecule has 0 spiro atoms. The molecule has 0 atom stereocenters. The summed E-state index contributed by atoms with van der Waals surface area (Å²) in [5, 5.41) is 7.66. The quantitative estimate of drug-likeness (QED) is 0.725. The van der Waals surface area contributed by atoms with Crippen molar-refractivity contribution in [1.29, 1.82) is 0 Å². The zero-order valence-corrected chi connectivity index (χ0v) is 8.01. The Morgan fingerprint density at radius 3 is 2.93 bits per heavy atom. The van der Waals surface area contributed by atoms with E-state index in [9.17, 15) is 0 Å². The van der Waals surface area contributed by atoms with E-state index in [4.69, 9.17) is 5.73 Å². The van der Waals surface area contributed by atoms with Crippen LogP contribution in [0.15, 0.2) is 30.6 Å². The standard InChI is InChI=1S/C10H12N4/c1-2-8-4-3-5-9(10(8)11)14-7-6-12-13-14/h3-7H,2,11H2,1H3.